The van der Waals surface area contributed by atoms with Crippen LogP contribution in [0.1, 0.15) is 10.6 Å². The number of ketones is 1. The minimum Gasteiger partial charge on any atom is -0.501 e. The Labute approximate surface area is 92.1 Å². The first-order valence-electron chi connectivity index (χ1n) is 4.12. The minimum atomic E-state index is -5.18. The van der Waals surface area contributed by atoms with E-state index in [2.05, 4.69) is 9.07 Å². The van der Waals surface area contributed by atoms with Crippen molar-refractivity contribution in [2.24, 2.45) is 0 Å². The van der Waals surface area contributed by atoms with Gasteiger partial charge in [0.05, 0.1) is 6.26 Å². The summed E-state index contributed by atoms with van der Waals surface area (Å²) >= 11 is 0. The zero-order valence-corrected chi connectivity index (χ0v) is 8.00. The van der Waals surface area contributed by atoms with Crippen LogP contribution in [0.15, 0.2) is 34.6 Å². The highest BCUT2D eigenvalue weighted by Gasteiger charge is 2.40. The molecule has 1 heterocycles. The number of carbonyl (C=O) groups excluding carboxylic acids is 1. The number of furan rings is 1. The Morgan fingerprint density at radius 1 is 1.41 bits per heavy atom. The average Bonchev–Trinajstić information content (AvgIpc) is 2.66. The molecule has 0 bridgehead atoms. The second-order valence-corrected chi connectivity index (χ2v) is 2.73. The summed E-state index contributed by atoms with van der Waals surface area (Å²) in [6.45, 7) is 0. The molecule has 0 radical (unpaired) electrons. The number of allylic oxidation sites excluding steroid dienone is 2. The number of alkyl halides is 3. The van der Waals surface area contributed by atoms with E-state index in [9.17, 15) is 26.6 Å². The molecule has 92 valence electrons. The Kier molecular flexibility index (Phi) is 3.92. The third-order valence-corrected chi connectivity index (χ3v) is 1.52. The lowest BCUT2D eigenvalue weighted by atomic mass is 10.2. The molecular weight excluding hydrogens is 250 g/mol. The molecule has 0 aliphatic carbocycles. The number of hydrogen-bond acceptors (Lipinski definition) is 3. The summed E-state index contributed by atoms with van der Waals surface area (Å²) in [6, 6.07) is 2.36. The summed E-state index contributed by atoms with van der Waals surface area (Å²) in [5.74, 6) is -3.71. The molecule has 9 heteroatoms. The highest BCUT2D eigenvalue weighted by atomic mass is 19.4. The minimum absolute atomic E-state index is 0.0923. The highest BCUT2D eigenvalue weighted by Crippen LogP contribution is 2.27. The van der Waals surface area contributed by atoms with E-state index >= 15 is 0 Å². The molecule has 1 rings (SSSR count). The van der Waals surface area contributed by atoms with Crippen molar-refractivity contribution in [2.45, 2.75) is 6.18 Å². The van der Waals surface area contributed by atoms with Crippen LogP contribution in [0.4, 0.5) is 21.8 Å². The van der Waals surface area contributed by atoms with Gasteiger partial charge in [0.2, 0.25) is 5.78 Å². The number of rotatable bonds is 4. The topological polar surface area (TPSA) is 39.4 Å². The maximum Gasteiger partial charge on any atom is 0.796 e. The quantitative estimate of drug-likeness (QED) is 0.272. The maximum absolute atomic E-state index is 12.2. The summed E-state index contributed by atoms with van der Waals surface area (Å²) in [5.41, 5.74) is 0. The molecule has 0 amide bonds. The van der Waals surface area contributed by atoms with Crippen LogP contribution in [0.25, 0.3) is 0 Å². The van der Waals surface area contributed by atoms with Crippen molar-refractivity contribution in [2.75, 3.05) is 0 Å². The molecule has 0 unspecified atom stereocenters. The van der Waals surface area contributed by atoms with Gasteiger partial charge in [-0.25, -0.2) is 8.63 Å². The van der Waals surface area contributed by atoms with Crippen molar-refractivity contribution >= 4 is 13.3 Å². The van der Waals surface area contributed by atoms with Gasteiger partial charge in [-0.15, -0.1) is 0 Å². The molecule has 0 aliphatic rings. The lowest BCUT2D eigenvalue weighted by Crippen LogP contribution is -2.20. The van der Waals surface area contributed by atoms with E-state index in [1.807, 2.05) is 0 Å². The molecule has 1 aromatic heterocycles. The van der Waals surface area contributed by atoms with Crippen LogP contribution >= 0.6 is 0 Å². The molecule has 0 aromatic carbocycles. The molecule has 17 heavy (non-hydrogen) atoms. The number of carbonyl (C=O) groups is 1. The van der Waals surface area contributed by atoms with E-state index in [1.165, 1.54) is 6.07 Å². The third kappa shape index (κ3) is 3.93. The Morgan fingerprint density at radius 2 is 2.06 bits per heavy atom. The predicted molar refractivity (Wildman–Crippen MR) is 46.2 cm³/mol. The standard InChI is InChI=1S/C8H4BF5O3/c10-8(11,12)7(17-9(13)14)4-5(15)6-2-1-3-16-6/h1-4H/b7-4+. The van der Waals surface area contributed by atoms with Gasteiger partial charge >= 0.3 is 13.6 Å². The van der Waals surface area contributed by atoms with Crippen LogP contribution in [0, 0.1) is 0 Å². The first-order valence-corrected chi connectivity index (χ1v) is 4.12. The molecule has 3 nitrogen and oxygen atoms in total. The van der Waals surface area contributed by atoms with E-state index in [0.29, 0.717) is 0 Å². The van der Waals surface area contributed by atoms with Crippen molar-refractivity contribution in [3.63, 3.8) is 0 Å². The van der Waals surface area contributed by atoms with E-state index in [1.54, 1.807) is 0 Å². The van der Waals surface area contributed by atoms with Crippen LogP contribution in [-0.2, 0) is 4.65 Å². The van der Waals surface area contributed by atoms with E-state index in [-0.39, 0.29) is 6.08 Å². The Morgan fingerprint density at radius 3 is 2.47 bits per heavy atom. The number of hydrogen-bond donors (Lipinski definition) is 0. The zero-order chi connectivity index (χ0) is 13.1. The van der Waals surface area contributed by atoms with E-state index in [4.69, 9.17) is 0 Å². The molecule has 0 fully saturated rings. The van der Waals surface area contributed by atoms with Crippen molar-refractivity contribution in [1.29, 1.82) is 0 Å². The number of halogens is 5. The molecule has 0 atom stereocenters. The lowest BCUT2D eigenvalue weighted by molar-refractivity contribution is -0.119. The summed E-state index contributed by atoms with van der Waals surface area (Å²) in [5, 5.41) is 0. The second-order valence-electron chi connectivity index (χ2n) is 2.73. The maximum atomic E-state index is 12.2. The van der Waals surface area contributed by atoms with Gasteiger partial charge in [-0.05, 0) is 12.1 Å². The van der Waals surface area contributed by atoms with Crippen LogP contribution in [0.2, 0.25) is 0 Å². The van der Waals surface area contributed by atoms with Gasteiger partial charge in [0.25, 0.3) is 0 Å². The molecule has 0 spiro atoms. The van der Waals surface area contributed by atoms with Gasteiger partial charge in [-0.1, -0.05) is 0 Å². The van der Waals surface area contributed by atoms with Gasteiger partial charge < -0.3 is 9.07 Å². The van der Waals surface area contributed by atoms with Crippen LogP contribution in [0.3, 0.4) is 0 Å². The molecule has 0 saturated carbocycles. The fourth-order valence-electron chi connectivity index (χ4n) is 0.888. The molecule has 1 aromatic rings. The largest absolute Gasteiger partial charge is 0.796 e. The normalized spacial score (nSPS) is 12.4. The van der Waals surface area contributed by atoms with Crippen LogP contribution in [0.5, 0.6) is 0 Å². The van der Waals surface area contributed by atoms with Crippen molar-refractivity contribution in [3.05, 3.63) is 36.0 Å². The molecule has 0 N–H and O–H groups in total. The third-order valence-electron chi connectivity index (χ3n) is 1.52. The van der Waals surface area contributed by atoms with Gasteiger partial charge in [0, 0.05) is 6.08 Å². The fraction of sp³-hybridized carbons (Fsp3) is 0.125. The smallest absolute Gasteiger partial charge is 0.501 e. The van der Waals surface area contributed by atoms with Gasteiger partial charge in [-0.2, -0.15) is 13.2 Å². The molecule has 0 aliphatic heterocycles. The fourth-order valence-corrected chi connectivity index (χ4v) is 0.888. The molecular formula is C8H4BF5O3. The molecule has 0 saturated heterocycles. The SMILES string of the molecule is O=C(/C=C(/OB(F)F)C(F)(F)F)c1ccco1. The van der Waals surface area contributed by atoms with Crippen molar-refractivity contribution in [1.82, 2.24) is 0 Å². The Balaban J connectivity index is 2.94. The van der Waals surface area contributed by atoms with E-state index < -0.39 is 30.9 Å². The monoisotopic (exact) mass is 254 g/mol. The second kappa shape index (κ2) is 5.02. The Bertz CT molecular complexity index is 409. The average molecular weight is 254 g/mol. The van der Waals surface area contributed by atoms with Crippen molar-refractivity contribution < 1.29 is 35.7 Å². The summed E-state index contributed by atoms with van der Waals surface area (Å²) in [4.78, 5) is 11.1. The predicted octanol–water partition coefficient (Wildman–Crippen LogP) is 2.85. The first kappa shape index (κ1) is 13.3. The summed E-state index contributed by atoms with van der Waals surface area (Å²) < 4.78 is 67.7. The highest BCUT2D eigenvalue weighted by molar-refractivity contribution is 6.35. The van der Waals surface area contributed by atoms with Gasteiger partial charge in [0.15, 0.2) is 11.5 Å². The lowest BCUT2D eigenvalue weighted by Gasteiger charge is -2.10. The van der Waals surface area contributed by atoms with E-state index in [0.717, 1.165) is 12.3 Å². The van der Waals surface area contributed by atoms with Crippen LogP contribution < -0.4 is 0 Å². The van der Waals surface area contributed by atoms with Gasteiger partial charge in [0.1, 0.15) is 0 Å². The Hall–Kier alpha value is -1.80. The zero-order valence-electron chi connectivity index (χ0n) is 8.00. The summed E-state index contributed by atoms with van der Waals surface area (Å²) in [6.07, 6.45) is -4.22. The first-order chi connectivity index (χ1) is 7.80. The van der Waals surface area contributed by atoms with Crippen molar-refractivity contribution in [3.8, 4) is 0 Å². The van der Waals surface area contributed by atoms with Crippen LogP contribution in [-0.4, -0.2) is 19.4 Å². The summed E-state index contributed by atoms with van der Waals surface area (Å²) in [7, 11) is -3.67. The van der Waals surface area contributed by atoms with Gasteiger partial charge in [-0.3, -0.25) is 4.79 Å².